The number of fused-ring (bicyclic) bond motifs is 2. The highest BCUT2D eigenvalue weighted by molar-refractivity contribution is 5.94. The smallest absolute Gasteiger partial charge is 0.242 e. The number of carbonyl (C=O) groups excluding carboxylic acids is 1. The first-order chi connectivity index (χ1) is 13.0. The van der Waals surface area contributed by atoms with Crippen LogP contribution >= 0.6 is 0 Å². The molecule has 1 amide bonds. The second kappa shape index (κ2) is 8.35. The molecular weight excluding hydrogens is 340 g/mol. The lowest BCUT2D eigenvalue weighted by atomic mass is 10.1. The Labute approximate surface area is 159 Å². The van der Waals surface area contributed by atoms with Crippen molar-refractivity contribution in [3.63, 3.8) is 0 Å². The first-order valence-electron chi connectivity index (χ1n) is 9.30. The molecule has 0 unspecified atom stereocenters. The molecule has 142 valence electrons. The summed E-state index contributed by atoms with van der Waals surface area (Å²) in [4.78, 5) is 27.8. The molecule has 0 aliphatic heterocycles. The molecule has 0 radical (unpaired) electrons. The fourth-order valence-electron chi connectivity index (χ4n) is 3.44. The maximum Gasteiger partial charge on any atom is 0.242 e. The van der Waals surface area contributed by atoms with Crippen LogP contribution in [-0.4, -0.2) is 42.2 Å². The van der Waals surface area contributed by atoms with E-state index in [1.807, 2.05) is 58.0 Å². The Morgan fingerprint density at radius 1 is 1.04 bits per heavy atom. The molecule has 0 saturated heterocycles. The van der Waals surface area contributed by atoms with E-state index in [4.69, 9.17) is 4.74 Å². The highest BCUT2D eigenvalue weighted by atomic mass is 16.5. The Hall–Kier alpha value is -2.66. The number of ether oxygens (including phenoxy) is 1. The third-order valence-electron chi connectivity index (χ3n) is 4.68. The van der Waals surface area contributed by atoms with Gasteiger partial charge in [0.05, 0.1) is 17.6 Å². The number of hydrogen-bond donors (Lipinski definition) is 0. The number of para-hydroxylation sites is 2. The quantitative estimate of drug-likeness (QED) is 0.603. The van der Waals surface area contributed by atoms with Crippen LogP contribution in [0.15, 0.2) is 53.3 Å². The van der Waals surface area contributed by atoms with Crippen LogP contribution in [-0.2, 0) is 16.1 Å². The van der Waals surface area contributed by atoms with Gasteiger partial charge < -0.3 is 14.2 Å². The zero-order valence-corrected chi connectivity index (χ0v) is 16.1. The topological polar surface area (TPSA) is 51.5 Å². The molecule has 1 heterocycles. The van der Waals surface area contributed by atoms with E-state index in [0.717, 1.165) is 11.0 Å². The second-order valence-electron chi connectivity index (χ2n) is 7.18. The predicted molar refractivity (Wildman–Crippen MR) is 109 cm³/mol. The number of pyridine rings is 1. The average Bonchev–Trinajstić information content (AvgIpc) is 2.68. The summed E-state index contributed by atoms with van der Waals surface area (Å²) < 4.78 is 7.12. The molecule has 2 aromatic carbocycles. The molecule has 0 spiro atoms. The van der Waals surface area contributed by atoms with Gasteiger partial charge in [-0.2, -0.15) is 0 Å². The third kappa shape index (κ3) is 4.03. The number of nitrogens with zero attached hydrogens (tertiary/aromatic N) is 2. The van der Waals surface area contributed by atoms with Gasteiger partial charge in [0.15, 0.2) is 5.43 Å². The number of carbonyl (C=O) groups is 1. The van der Waals surface area contributed by atoms with Crippen LogP contribution in [0.2, 0.25) is 0 Å². The number of aromatic nitrogens is 1. The molecule has 3 aromatic rings. The van der Waals surface area contributed by atoms with Gasteiger partial charge in [-0.05, 0) is 30.2 Å². The lowest BCUT2D eigenvalue weighted by Crippen LogP contribution is -2.39. The largest absolute Gasteiger partial charge is 0.383 e. The summed E-state index contributed by atoms with van der Waals surface area (Å²) in [5.41, 5.74) is 1.57. The Balaban J connectivity index is 2.08. The first-order valence-corrected chi connectivity index (χ1v) is 9.30. The minimum atomic E-state index is 0.00307. The summed E-state index contributed by atoms with van der Waals surface area (Å²) in [6, 6.07) is 15.0. The van der Waals surface area contributed by atoms with E-state index in [9.17, 15) is 9.59 Å². The minimum Gasteiger partial charge on any atom is -0.383 e. The van der Waals surface area contributed by atoms with E-state index in [1.165, 1.54) is 0 Å². The fraction of sp³-hybridized carbons (Fsp3) is 0.364. The number of methoxy groups -OCH3 is 1. The molecule has 0 atom stereocenters. The SMILES string of the molecule is COCCN(CC(C)C)C(=O)Cn1c2ccccc2c(=O)c2ccccc21. The van der Waals surface area contributed by atoms with E-state index < -0.39 is 0 Å². The molecular formula is C22H26N2O3. The van der Waals surface area contributed by atoms with Crippen LogP contribution in [0.4, 0.5) is 0 Å². The van der Waals surface area contributed by atoms with Crippen molar-refractivity contribution in [1.29, 1.82) is 0 Å². The van der Waals surface area contributed by atoms with Crippen molar-refractivity contribution >= 4 is 27.7 Å². The van der Waals surface area contributed by atoms with Gasteiger partial charge in [0.25, 0.3) is 0 Å². The molecule has 0 bridgehead atoms. The highest BCUT2D eigenvalue weighted by Crippen LogP contribution is 2.19. The molecule has 0 aliphatic rings. The van der Waals surface area contributed by atoms with Crippen LogP contribution in [0.5, 0.6) is 0 Å². The fourth-order valence-corrected chi connectivity index (χ4v) is 3.44. The standard InChI is InChI=1S/C22H26N2O3/c1-16(2)14-23(12-13-27-3)21(25)15-24-19-10-6-4-8-17(19)22(26)18-9-5-7-11-20(18)24/h4-11,16H,12-15H2,1-3H3. The van der Waals surface area contributed by atoms with Gasteiger partial charge >= 0.3 is 0 Å². The van der Waals surface area contributed by atoms with Crippen molar-refractivity contribution in [2.75, 3.05) is 26.8 Å². The van der Waals surface area contributed by atoms with Crippen LogP contribution in [0.3, 0.4) is 0 Å². The number of rotatable bonds is 7. The Morgan fingerprint density at radius 2 is 1.59 bits per heavy atom. The molecule has 0 N–H and O–H groups in total. The van der Waals surface area contributed by atoms with Gasteiger partial charge in [-0.25, -0.2) is 0 Å². The maximum atomic E-state index is 13.1. The summed E-state index contributed by atoms with van der Waals surface area (Å²) in [5, 5.41) is 1.27. The van der Waals surface area contributed by atoms with Crippen molar-refractivity contribution in [2.24, 2.45) is 5.92 Å². The molecule has 0 aliphatic carbocycles. The van der Waals surface area contributed by atoms with Crippen molar-refractivity contribution in [2.45, 2.75) is 20.4 Å². The summed E-state index contributed by atoms with van der Waals surface area (Å²) in [5.74, 6) is 0.396. The van der Waals surface area contributed by atoms with Gasteiger partial charge in [-0.1, -0.05) is 38.1 Å². The Morgan fingerprint density at radius 3 is 2.11 bits per heavy atom. The van der Waals surface area contributed by atoms with Crippen molar-refractivity contribution in [3.05, 3.63) is 58.8 Å². The van der Waals surface area contributed by atoms with Crippen molar-refractivity contribution in [1.82, 2.24) is 9.47 Å². The summed E-state index contributed by atoms with van der Waals surface area (Å²) >= 11 is 0. The Bertz CT molecular complexity index is 947. The zero-order chi connectivity index (χ0) is 19.4. The lowest BCUT2D eigenvalue weighted by molar-refractivity contribution is -0.132. The summed E-state index contributed by atoms with van der Waals surface area (Å²) in [6.45, 7) is 6.12. The minimum absolute atomic E-state index is 0.00307. The molecule has 1 aromatic heterocycles. The molecule has 3 rings (SSSR count). The van der Waals surface area contributed by atoms with Crippen molar-refractivity contribution in [3.8, 4) is 0 Å². The first kappa shape index (κ1) is 19.1. The van der Waals surface area contributed by atoms with Gasteiger partial charge in [0.1, 0.15) is 6.54 Å². The second-order valence-corrected chi connectivity index (χ2v) is 7.18. The van der Waals surface area contributed by atoms with Gasteiger partial charge in [0.2, 0.25) is 5.91 Å². The van der Waals surface area contributed by atoms with Crippen LogP contribution in [0.25, 0.3) is 21.8 Å². The highest BCUT2D eigenvalue weighted by Gasteiger charge is 2.18. The van der Waals surface area contributed by atoms with Crippen LogP contribution in [0.1, 0.15) is 13.8 Å². The van der Waals surface area contributed by atoms with E-state index in [0.29, 0.717) is 36.4 Å². The number of hydrogen-bond acceptors (Lipinski definition) is 3. The lowest BCUT2D eigenvalue weighted by Gasteiger charge is -2.25. The van der Waals surface area contributed by atoms with E-state index >= 15 is 0 Å². The van der Waals surface area contributed by atoms with E-state index in [2.05, 4.69) is 13.8 Å². The molecule has 0 saturated carbocycles. The van der Waals surface area contributed by atoms with Gasteiger partial charge in [-0.15, -0.1) is 0 Å². The summed E-state index contributed by atoms with van der Waals surface area (Å²) in [6.07, 6.45) is 0. The van der Waals surface area contributed by atoms with Gasteiger partial charge in [-0.3, -0.25) is 9.59 Å². The molecule has 0 fully saturated rings. The average molecular weight is 366 g/mol. The number of amides is 1. The van der Waals surface area contributed by atoms with E-state index in [-0.39, 0.29) is 17.9 Å². The molecule has 5 nitrogen and oxygen atoms in total. The van der Waals surface area contributed by atoms with E-state index in [1.54, 1.807) is 7.11 Å². The monoisotopic (exact) mass is 366 g/mol. The normalized spacial score (nSPS) is 11.4. The predicted octanol–water partition coefficient (Wildman–Crippen LogP) is 3.29. The molecule has 5 heteroatoms. The van der Waals surface area contributed by atoms with Crippen LogP contribution in [0, 0.1) is 5.92 Å². The van der Waals surface area contributed by atoms with Crippen LogP contribution < -0.4 is 5.43 Å². The number of benzene rings is 2. The summed E-state index contributed by atoms with van der Waals surface area (Å²) in [7, 11) is 1.64. The zero-order valence-electron chi connectivity index (χ0n) is 16.1. The molecule has 27 heavy (non-hydrogen) atoms. The van der Waals surface area contributed by atoms with Gasteiger partial charge in [0, 0.05) is 31.0 Å². The maximum absolute atomic E-state index is 13.1. The Kier molecular flexibility index (Phi) is 5.91. The van der Waals surface area contributed by atoms with Crippen molar-refractivity contribution < 1.29 is 9.53 Å². The third-order valence-corrected chi connectivity index (χ3v) is 4.68.